The fourth-order valence-electron chi connectivity index (χ4n) is 0.640. The van der Waals surface area contributed by atoms with E-state index in [1.54, 1.807) is 0 Å². The molecule has 0 amide bonds. The molecule has 72 valence electrons. The van der Waals surface area contributed by atoms with Crippen molar-refractivity contribution in [3.8, 4) is 0 Å². The third kappa shape index (κ3) is 3.63. The first kappa shape index (κ1) is 11.3. The summed E-state index contributed by atoms with van der Waals surface area (Å²) < 4.78 is 0. The quantitative estimate of drug-likeness (QED) is 0.318. The summed E-state index contributed by atoms with van der Waals surface area (Å²) in [4.78, 5) is 10.2. The Bertz CT molecular complexity index is 151. The zero-order valence-corrected chi connectivity index (χ0v) is 6.42. The van der Waals surface area contributed by atoms with E-state index >= 15 is 0 Å². The summed E-state index contributed by atoms with van der Waals surface area (Å²) in [5.74, 6) is -1.25. The molecular formula is C6H13NO5. The second kappa shape index (κ2) is 5.04. The van der Waals surface area contributed by atoms with Crippen molar-refractivity contribution in [3.05, 3.63) is 0 Å². The highest BCUT2D eigenvalue weighted by atomic mass is 16.4. The van der Waals surface area contributed by atoms with Crippen molar-refractivity contribution in [2.45, 2.75) is 24.7 Å². The van der Waals surface area contributed by atoms with Crippen LogP contribution in [0.1, 0.15) is 6.42 Å². The van der Waals surface area contributed by atoms with Gasteiger partial charge in [0.2, 0.25) is 0 Å². The first-order valence-corrected chi connectivity index (χ1v) is 3.44. The van der Waals surface area contributed by atoms with Gasteiger partial charge >= 0.3 is 5.97 Å². The average Bonchev–Trinajstić information content (AvgIpc) is 2.02. The molecule has 3 atom stereocenters. The molecule has 0 fully saturated rings. The van der Waals surface area contributed by atoms with Crippen LogP contribution in [0, 0.1) is 0 Å². The van der Waals surface area contributed by atoms with Gasteiger partial charge in [0.05, 0.1) is 12.7 Å². The van der Waals surface area contributed by atoms with E-state index in [-0.39, 0.29) is 6.42 Å². The largest absolute Gasteiger partial charge is 0.480 e. The molecule has 0 rings (SSSR count). The third-order valence-corrected chi connectivity index (χ3v) is 1.44. The van der Waals surface area contributed by atoms with Crippen molar-refractivity contribution in [1.82, 2.24) is 0 Å². The van der Waals surface area contributed by atoms with Gasteiger partial charge < -0.3 is 26.2 Å². The average molecular weight is 179 g/mol. The molecule has 12 heavy (non-hydrogen) atoms. The molecule has 0 aliphatic carbocycles. The van der Waals surface area contributed by atoms with Crippen LogP contribution in [0.2, 0.25) is 0 Å². The zero-order chi connectivity index (χ0) is 9.72. The van der Waals surface area contributed by atoms with Gasteiger partial charge in [-0.1, -0.05) is 0 Å². The molecule has 0 unspecified atom stereocenters. The molecule has 6 nitrogen and oxygen atoms in total. The van der Waals surface area contributed by atoms with E-state index < -0.39 is 30.8 Å². The van der Waals surface area contributed by atoms with Crippen molar-refractivity contribution in [1.29, 1.82) is 0 Å². The molecule has 6 N–H and O–H groups in total. The Hall–Kier alpha value is -0.690. The van der Waals surface area contributed by atoms with Gasteiger partial charge in [0, 0.05) is 6.42 Å². The van der Waals surface area contributed by atoms with Gasteiger partial charge in [0.1, 0.15) is 12.1 Å². The van der Waals surface area contributed by atoms with Crippen LogP contribution in [0.4, 0.5) is 0 Å². The molecule has 0 heterocycles. The molecule has 6 heteroatoms. The molecule has 0 spiro atoms. The lowest BCUT2D eigenvalue weighted by Crippen LogP contribution is -2.39. The molecule has 0 aromatic rings. The summed E-state index contributed by atoms with van der Waals surface area (Å²) in [6.45, 7) is -0.618. The topological polar surface area (TPSA) is 124 Å². The number of carboxylic acid groups (broad SMARTS) is 1. The smallest absolute Gasteiger partial charge is 0.320 e. The fourth-order valence-corrected chi connectivity index (χ4v) is 0.640. The molecule has 0 bridgehead atoms. The van der Waals surface area contributed by atoms with Crippen molar-refractivity contribution >= 4 is 5.97 Å². The van der Waals surface area contributed by atoms with Gasteiger partial charge in [-0.05, 0) is 0 Å². The Morgan fingerprint density at radius 3 is 2.17 bits per heavy atom. The van der Waals surface area contributed by atoms with E-state index in [1.165, 1.54) is 0 Å². The molecule has 0 saturated heterocycles. The first-order valence-electron chi connectivity index (χ1n) is 3.44. The van der Waals surface area contributed by atoms with E-state index in [4.69, 9.17) is 26.2 Å². The number of aliphatic carboxylic acids is 1. The fraction of sp³-hybridized carbons (Fsp3) is 0.833. The van der Waals surface area contributed by atoms with Crippen LogP contribution in [-0.4, -0.2) is 51.3 Å². The van der Waals surface area contributed by atoms with E-state index in [1.807, 2.05) is 0 Å². The van der Waals surface area contributed by atoms with Crippen molar-refractivity contribution in [3.63, 3.8) is 0 Å². The molecule has 0 aromatic heterocycles. The minimum Gasteiger partial charge on any atom is -0.480 e. The highest BCUT2D eigenvalue weighted by Gasteiger charge is 2.21. The van der Waals surface area contributed by atoms with Gasteiger partial charge in [0.15, 0.2) is 0 Å². The number of carbonyl (C=O) groups is 1. The lowest BCUT2D eigenvalue weighted by Gasteiger charge is -2.16. The van der Waals surface area contributed by atoms with Crippen molar-refractivity contribution in [2.75, 3.05) is 6.61 Å². The predicted octanol–water partition coefficient (Wildman–Crippen LogP) is -2.50. The summed E-state index contributed by atoms with van der Waals surface area (Å²) in [5, 5.41) is 34.5. The summed E-state index contributed by atoms with van der Waals surface area (Å²) in [6, 6.07) is -1.22. The Morgan fingerprint density at radius 2 is 1.83 bits per heavy atom. The lowest BCUT2D eigenvalue weighted by atomic mass is 10.1. The Labute approximate surface area is 69.2 Å². The van der Waals surface area contributed by atoms with E-state index in [9.17, 15) is 4.79 Å². The van der Waals surface area contributed by atoms with Crippen molar-refractivity contribution < 1.29 is 25.2 Å². The summed E-state index contributed by atoms with van der Waals surface area (Å²) in [6.07, 6.45) is -2.92. The van der Waals surface area contributed by atoms with Gasteiger partial charge in [0.25, 0.3) is 0 Å². The highest BCUT2D eigenvalue weighted by Crippen LogP contribution is 2.01. The van der Waals surface area contributed by atoms with Crippen LogP contribution < -0.4 is 5.73 Å². The van der Waals surface area contributed by atoms with Gasteiger partial charge in [-0.25, -0.2) is 0 Å². The summed E-state index contributed by atoms with van der Waals surface area (Å²) in [7, 11) is 0. The normalized spacial score (nSPS) is 18.3. The minimum atomic E-state index is -1.34. The lowest BCUT2D eigenvalue weighted by molar-refractivity contribution is -0.140. The van der Waals surface area contributed by atoms with Crippen LogP contribution in [0.5, 0.6) is 0 Å². The monoisotopic (exact) mass is 179 g/mol. The maximum atomic E-state index is 10.2. The number of nitrogens with two attached hydrogens (primary N) is 1. The maximum Gasteiger partial charge on any atom is 0.320 e. The molecule has 0 radical (unpaired) electrons. The number of hydrogen-bond acceptors (Lipinski definition) is 5. The maximum absolute atomic E-state index is 10.2. The zero-order valence-electron chi connectivity index (χ0n) is 6.42. The van der Waals surface area contributed by atoms with Gasteiger partial charge in [-0.3, -0.25) is 4.79 Å². The van der Waals surface area contributed by atoms with Crippen LogP contribution in [0.25, 0.3) is 0 Å². The molecule has 0 saturated carbocycles. The Morgan fingerprint density at radius 1 is 1.33 bits per heavy atom. The number of hydrogen-bond donors (Lipinski definition) is 5. The number of aliphatic hydroxyl groups excluding tert-OH is 3. The van der Waals surface area contributed by atoms with Crippen LogP contribution in [-0.2, 0) is 4.79 Å². The summed E-state index contributed by atoms with van der Waals surface area (Å²) in [5.41, 5.74) is 5.06. The van der Waals surface area contributed by atoms with Crippen LogP contribution in [0.3, 0.4) is 0 Å². The molecule has 0 aromatic carbocycles. The number of carboxylic acids is 1. The third-order valence-electron chi connectivity index (χ3n) is 1.44. The SMILES string of the molecule is N[C@@H](C[C@H](O)[C@H](O)CO)C(=O)O. The van der Waals surface area contributed by atoms with E-state index in [0.29, 0.717) is 0 Å². The van der Waals surface area contributed by atoms with Gasteiger partial charge in [-0.15, -0.1) is 0 Å². The van der Waals surface area contributed by atoms with E-state index in [0.717, 1.165) is 0 Å². The first-order chi connectivity index (χ1) is 5.49. The Balaban J connectivity index is 3.83. The molecular weight excluding hydrogens is 166 g/mol. The number of rotatable bonds is 5. The van der Waals surface area contributed by atoms with Crippen LogP contribution >= 0.6 is 0 Å². The van der Waals surface area contributed by atoms with E-state index in [2.05, 4.69) is 0 Å². The van der Waals surface area contributed by atoms with Crippen molar-refractivity contribution in [2.24, 2.45) is 5.73 Å². The number of aliphatic hydroxyl groups is 3. The van der Waals surface area contributed by atoms with Gasteiger partial charge in [-0.2, -0.15) is 0 Å². The van der Waals surface area contributed by atoms with Crippen LogP contribution in [0.15, 0.2) is 0 Å². The predicted molar refractivity (Wildman–Crippen MR) is 39.3 cm³/mol. The molecule has 0 aliphatic heterocycles. The second-order valence-corrected chi connectivity index (χ2v) is 2.50. The Kier molecular flexibility index (Phi) is 4.75. The summed E-state index contributed by atoms with van der Waals surface area (Å²) >= 11 is 0. The minimum absolute atomic E-state index is 0.281. The standard InChI is InChI=1S/C6H13NO5/c7-3(6(11)12)1-4(9)5(10)2-8/h3-5,8-10H,1-2,7H2,(H,11,12)/t3-,4-,5+/m0/s1. The highest BCUT2D eigenvalue weighted by molar-refractivity contribution is 5.73. The second-order valence-electron chi connectivity index (χ2n) is 2.50. The molecule has 0 aliphatic rings.